The van der Waals surface area contributed by atoms with E-state index in [1.165, 1.54) is 0 Å². The Hall–Kier alpha value is 0.460. The molecular weight excluding hydrogens is 284 g/mol. The second-order valence-electron chi connectivity index (χ2n) is 1.87. The molecule has 0 aliphatic rings. The third-order valence-electron chi connectivity index (χ3n) is 1.07. The Morgan fingerprint density at radius 3 is 2.60 bits per heavy atom. The van der Waals surface area contributed by atoms with Crippen molar-refractivity contribution in [2.45, 2.75) is 6.92 Å². The lowest BCUT2D eigenvalue weighted by atomic mass is 10.3. The molecule has 0 bridgehead atoms. The fourth-order valence-electron chi connectivity index (χ4n) is 0.580. The van der Waals surface area contributed by atoms with Crippen molar-refractivity contribution in [3.05, 3.63) is 25.5 Å². The molecule has 4 heteroatoms. The van der Waals surface area contributed by atoms with E-state index >= 15 is 0 Å². The number of halogens is 3. The number of rotatable bonds is 0. The molecule has 0 N–H and O–H groups in total. The Labute approximate surface area is 82.9 Å². The Balaban J connectivity index is 3.31. The fraction of sp³-hybridized carbons (Fsp3) is 0.167. The predicted molar refractivity (Wildman–Crippen MR) is 51.7 cm³/mol. The summed E-state index contributed by atoms with van der Waals surface area (Å²) in [4.78, 5) is 3.86. The molecule has 1 heterocycles. The largest absolute Gasteiger partial charge is 0.223 e. The van der Waals surface area contributed by atoms with E-state index in [2.05, 4.69) is 27.6 Å². The van der Waals surface area contributed by atoms with Crippen molar-refractivity contribution in [1.82, 2.24) is 4.98 Å². The molecule has 0 radical (unpaired) electrons. The van der Waals surface area contributed by atoms with E-state index in [1.807, 2.05) is 6.92 Å². The zero-order valence-corrected chi connectivity index (χ0v) is 8.83. The van der Waals surface area contributed by atoms with Crippen LogP contribution in [-0.2, 0) is 0 Å². The highest BCUT2D eigenvalue weighted by Crippen LogP contribution is 2.22. The molecule has 1 rings (SSSR count). The average Bonchev–Trinajstić information content (AvgIpc) is 1.82. The van der Waals surface area contributed by atoms with E-state index < -0.39 is 0 Å². The molecule has 10 heavy (non-hydrogen) atoms. The second-order valence-corrected chi connectivity index (χ2v) is 3.69. The maximum atomic E-state index is 5.72. The van der Waals surface area contributed by atoms with Gasteiger partial charge in [0, 0.05) is 0 Å². The molecule has 0 aliphatic carbocycles. The van der Waals surface area contributed by atoms with Crippen LogP contribution in [0.15, 0.2) is 6.07 Å². The minimum absolute atomic E-state index is 0.447. The van der Waals surface area contributed by atoms with Crippen molar-refractivity contribution in [2.24, 2.45) is 0 Å². The Kier molecular flexibility index (Phi) is 2.77. The molecule has 0 fully saturated rings. The molecule has 0 aromatic carbocycles. The molecule has 0 aliphatic heterocycles. The van der Waals surface area contributed by atoms with Gasteiger partial charge in [-0.05, 0) is 41.1 Å². The molecular formula is C6H4Cl2IN. The molecule has 0 saturated carbocycles. The molecule has 1 aromatic rings. The summed E-state index contributed by atoms with van der Waals surface area (Å²) < 4.78 is 0.962. The first-order chi connectivity index (χ1) is 4.61. The van der Waals surface area contributed by atoms with E-state index in [1.54, 1.807) is 6.07 Å². The molecule has 0 unspecified atom stereocenters. The maximum absolute atomic E-state index is 5.72. The number of hydrogen-bond acceptors (Lipinski definition) is 1. The van der Waals surface area contributed by atoms with Crippen LogP contribution in [0.4, 0.5) is 0 Å². The highest BCUT2D eigenvalue weighted by molar-refractivity contribution is 14.1. The van der Waals surface area contributed by atoms with Crippen LogP contribution < -0.4 is 0 Å². The van der Waals surface area contributed by atoms with Gasteiger partial charge in [0.25, 0.3) is 0 Å². The summed E-state index contributed by atoms with van der Waals surface area (Å²) in [5.74, 6) is 0. The summed E-state index contributed by atoms with van der Waals surface area (Å²) in [5.41, 5.74) is 1.06. The third-order valence-corrected chi connectivity index (χ3v) is 3.22. The normalized spacial score (nSPS) is 10.0. The van der Waals surface area contributed by atoms with Gasteiger partial charge >= 0.3 is 0 Å². The van der Waals surface area contributed by atoms with Gasteiger partial charge in [-0.25, -0.2) is 4.98 Å². The van der Waals surface area contributed by atoms with Gasteiger partial charge in [-0.3, -0.25) is 0 Å². The number of aromatic nitrogens is 1. The van der Waals surface area contributed by atoms with Gasteiger partial charge in [-0.1, -0.05) is 23.2 Å². The van der Waals surface area contributed by atoms with Crippen molar-refractivity contribution in [3.8, 4) is 0 Å². The minimum Gasteiger partial charge on any atom is -0.223 e. The van der Waals surface area contributed by atoms with Crippen molar-refractivity contribution in [1.29, 1.82) is 0 Å². The van der Waals surface area contributed by atoms with Crippen LogP contribution in [-0.4, -0.2) is 4.98 Å². The van der Waals surface area contributed by atoms with Crippen molar-refractivity contribution in [2.75, 3.05) is 0 Å². The van der Waals surface area contributed by atoms with Crippen molar-refractivity contribution in [3.63, 3.8) is 0 Å². The number of nitrogens with zero attached hydrogens (tertiary/aromatic N) is 1. The second kappa shape index (κ2) is 3.24. The van der Waals surface area contributed by atoms with Crippen LogP contribution in [0, 0.1) is 10.5 Å². The topological polar surface area (TPSA) is 12.9 Å². The van der Waals surface area contributed by atoms with Gasteiger partial charge in [0.05, 0.1) is 3.57 Å². The van der Waals surface area contributed by atoms with Crippen LogP contribution in [0.1, 0.15) is 5.56 Å². The molecule has 0 spiro atoms. The van der Waals surface area contributed by atoms with Gasteiger partial charge in [0.2, 0.25) is 0 Å². The SMILES string of the molecule is Cc1cc(Cl)nc(Cl)c1I. The fourth-order valence-corrected chi connectivity index (χ4v) is 1.39. The quantitative estimate of drug-likeness (QED) is 0.527. The van der Waals surface area contributed by atoms with Crippen molar-refractivity contribution >= 4 is 45.8 Å². The van der Waals surface area contributed by atoms with Gasteiger partial charge in [-0.2, -0.15) is 0 Å². The molecule has 54 valence electrons. The Morgan fingerprint density at radius 2 is 2.10 bits per heavy atom. The first-order valence-corrected chi connectivity index (χ1v) is 4.43. The lowest BCUT2D eigenvalue weighted by molar-refractivity contribution is 1.26. The summed E-state index contributed by atoms with van der Waals surface area (Å²) in [5, 5.41) is 0.925. The molecule has 0 saturated heterocycles. The number of pyridine rings is 1. The first-order valence-electron chi connectivity index (χ1n) is 2.59. The lowest BCUT2D eigenvalue weighted by Gasteiger charge is -1.99. The van der Waals surface area contributed by atoms with Crippen LogP contribution in [0.5, 0.6) is 0 Å². The Morgan fingerprint density at radius 1 is 1.50 bits per heavy atom. The molecule has 1 aromatic heterocycles. The van der Waals surface area contributed by atoms with Crippen molar-refractivity contribution < 1.29 is 0 Å². The Bertz CT molecular complexity index is 239. The third kappa shape index (κ3) is 1.74. The monoisotopic (exact) mass is 287 g/mol. The highest BCUT2D eigenvalue weighted by Gasteiger charge is 2.02. The first kappa shape index (κ1) is 8.56. The van der Waals surface area contributed by atoms with Crippen LogP contribution in [0.2, 0.25) is 10.3 Å². The predicted octanol–water partition coefficient (Wildman–Crippen LogP) is 3.30. The van der Waals surface area contributed by atoms with Gasteiger partial charge in [0.15, 0.2) is 0 Å². The lowest BCUT2D eigenvalue weighted by Crippen LogP contribution is -1.85. The van der Waals surface area contributed by atoms with Gasteiger partial charge < -0.3 is 0 Å². The molecule has 0 atom stereocenters. The summed E-state index contributed by atoms with van der Waals surface area (Å²) in [6, 6.07) is 1.79. The zero-order valence-electron chi connectivity index (χ0n) is 5.16. The van der Waals surface area contributed by atoms with Gasteiger partial charge in [0.1, 0.15) is 10.3 Å². The summed E-state index contributed by atoms with van der Waals surface area (Å²) >= 11 is 13.5. The molecule has 0 amide bonds. The molecule has 1 nitrogen and oxygen atoms in total. The van der Waals surface area contributed by atoms with E-state index in [4.69, 9.17) is 23.2 Å². The van der Waals surface area contributed by atoms with Crippen LogP contribution in [0.3, 0.4) is 0 Å². The smallest absolute Gasteiger partial charge is 0.144 e. The average molecular weight is 288 g/mol. The van der Waals surface area contributed by atoms with E-state index in [0.717, 1.165) is 9.13 Å². The van der Waals surface area contributed by atoms with E-state index in [-0.39, 0.29) is 0 Å². The van der Waals surface area contributed by atoms with E-state index in [9.17, 15) is 0 Å². The summed E-state index contributed by atoms with van der Waals surface area (Å²) in [6.07, 6.45) is 0. The van der Waals surface area contributed by atoms with Crippen LogP contribution >= 0.6 is 45.8 Å². The minimum atomic E-state index is 0.447. The zero-order chi connectivity index (χ0) is 7.72. The maximum Gasteiger partial charge on any atom is 0.144 e. The highest BCUT2D eigenvalue weighted by atomic mass is 127. The van der Waals surface area contributed by atoms with E-state index in [0.29, 0.717) is 10.3 Å². The number of hydrogen-bond donors (Lipinski definition) is 0. The van der Waals surface area contributed by atoms with Gasteiger partial charge in [-0.15, -0.1) is 0 Å². The standard InChI is InChI=1S/C6H4Cl2IN/c1-3-2-4(7)10-6(8)5(3)9/h2H,1H3. The summed E-state index contributed by atoms with van der Waals surface area (Å²) in [6.45, 7) is 1.95. The summed E-state index contributed by atoms with van der Waals surface area (Å²) in [7, 11) is 0. The van der Waals surface area contributed by atoms with Crippen LogP contribution in [0.25, 0.3) is 0 Å². The number of aryl methyl sites for hydroxylation is 1.